The average molecular weight is 166 g/mol. The van der Waals surface area contributed by atoms with Crippen LogP contribution in [0.15, 0.2) is 0 Å². The van der Waals surface area contributed by atoms with E-state index in [-0.39, 0.29) is 0 Å². The van der Waals surface area contributed by atoms with Gasteiger partial charge in [0.2, 0.25) is 0 Å². The molecule has 1 rings (SSSR count). The zero-order valence-electron chi connectivity index (χ0n) is 7.92. The molecule has 0 aromatic heterocycles. The normalized spacial score (nSPS) is 18.4. The lowest BCUT2D eigenvalue weighted by Crippen LogP contribution is -2.31. The van der Waals surface area contributed by atoms with Gasteiger partial charge in [-0.1, -0.05) is 5.92 Å². The van der Waals surface area contributed by atoms with Crippen molar-refractivity contribution in [3.05, 3.63) is 0 Å². The molecule has 0 radical (unpaired) electrons. The molecule has 1 aliphatic heterocycles. The predicted octanol–water partition coefficient (Wildman–Crippen LogP) is 0.647. The summed E-state index contributed by atoms with van der Waals surface area (Å²) in [4.78, 5) is 4.70. The highest BCUT2D eigenvalue weighted by Gasteiger charge is 2.10. The molecule has 0 aromatic carbocycles. The molecule has 1 aliphatic rings. The number of terminal acetylenes is 1. The van der Waals surface area contributed by atoms with Crippen LogP contribution in [0.2, 0.25) is 0 Å². The van der Waals surface area contributed by atoms with E-state index in [1.165, 1.54) is 32.5 Å². The molecule has 0 unspecified atom stereocenters. The molecule has 0 spiro atoms. The predicted molar refractivity (Wildman–Crippen MR) is 52.0 cm³/mol. The summed E-state index contributed by atoms with van der Waals surface area (Å²) in [6, 6.07) is 0. The Balaban J connectivity index is 2.04. The highest BCUT2D eigenvalue weighted by molar-refractivity contribution is 4.87. The van der Waals surface area contributed by atoms with E-state index in [1.54, 1.807) is 0 Å². The minimum atomic E-state index is 0.772. The fraction of sp³-hybridized carbons (Fsp3) is 0.800. The maximum atomic E-state index is 5.21. The van der Waals surface area contributed by atoms with E-state index in [0.29, 0.717) is 0 Å². The molecule has 0 saturated carbocycles. The Morgan fingerprint density at radius 2 is 2.08 bits per heavy atom. The Morgan fingerprint density at radius 3 is 2.67 bits per heavy atom. The van der Waals surface area contributed by atoms with E-state index in [4.69, 9.17) is 6.42 Å². The van der Waals surface area contributed by atoms with Crippen LogP contribution in [-0.2, 0) is 0 Å². The molecule has 0 aromatic rings. The topological polar surface area (TPSA) is 6.48 Å². The van der Waals surface area contributed by atoms with Gasteiger partial charge in [-0.05, 0) is 33.0 Å². The zero-order valence-corrected chi connectivity index (χ0v) is 7.92. The molecule has 0 amide bonds. The monoisotopic (exact) mass is 166 g/mol. The SMILES string of the molecule is C#CCN(C)CCN1CCCC1. The molecule has 1 saturated heterocycles. The molecule has 0 atom stereocenters. The third-order valence-corrected chi connectivity index (χ3v) is 2.36. The largest absolute Gasteiger partial charge is 0.302 e. The van der Waals surface area contributed by atoms with Gasteiger partial charge in [0.25, 0.3) is 0 Å². The molecule has 1 heterocycles. The first-order chi connectivity index (χ1) is 5.83. The maximum Gasteiger partial charge on any atom is 0.0596 e. The summed E-state index contributed by atoms with van der Waals surface area (Å²) >= 11 is 0. The summed E-state index contributed by atoms with van der Waals surface area (Å²) in [7, 11) is 2.08. The molecule has 1 fully saturated rings. The smallest absolute Gasteiger partial charge is 0.0596 e. The summed E-state index contributed by atoms with van der Waals surface area (Å²) in [5, 5.41) is 0. The van der Waals surface area contributed by atoms with Gasteiger partial charge in [0.15, 0.2) is 0 Å². The van der Waals surface area contributed by atoms with Crippen molar-refractivity contribution in [1.82, 2.24) is 9.80 Å². The van der Waals surface area contributed by atoms with Gasteiger partial charge in [0.1, 0.15) is 0 Å². The van der Waals surface area contributed by atoms with E-state index in [2.05, 4.69) is 22.8 Å². The Bertz CT molecular complexity index is 154. The van der Waals surface area contributed by atoms with Crippen molar-refractivity contribution in [2.24, 2.45) is 0 Å². The zero-order chi connectivity index (χ0) is 8.81. The second-order valence-electron chi connectivity index (χ2n) is 3.49. The molecule has 0 N–H and O–H groups in total. The van der Waals surface area contributed by atoms with Gasteiger partial charge < -0.3 is 4.90 Å². The number of likely N-dealkylation sites (N-methyl/N-ethyl adjacent to an activating group) is 1. The number of nitrogens with zero attached hydrogens (tertiary/aromatic N) is 2. The Hall–Kier alpha value is -0.520. The van der Waals surface area contributed by atoms with Gasteiger partial charge in [0.05, 0.1) is 6.54 Å². The van der Waals surface area contributed by atoms with Gasteiger partial charge in [-0.2, -0.15) is 0 Å². The Labute approximate surface area is 75.5 Å². The summed E-state index contributed by atoms with van der Waals surface area (Å²) < 4.78 is 0. The fourth-order valence-corrected chi connectivity index (χ4v) is 1.55. The van der Waals surface area contributed by atoms with Crippen LogP contribution < -0.4 is 0 Å². The Kier molecular flexibility index (Phi) is 4.13. The van der Waals surface area contributed by atoms with Crippen LogP contribution in [0.3, 0.4) is 0 Å². The van der Waals surface area contributed by atoms with E-state index in [9.17, 15) is 0 Å². The van der Waals surface area contributed by atoms with Crippen molar-refractivity contribution in [2.75, 3.05) is 39.8 Å². The van der Waals surface area contributed by atoms with Crippen LogP contribution >= 0.6 is 0 Å². The Morgan fingerprint density at radius 1 is 1.42 bits per heavy atom. The quantitative estimate of drug-likeness (QED) is 0.566. The second-order valence-corrected chi connectivity index (χ2v) is 3.49. The van der Waals surface area contributed by atoms with Gasteiger partial charge in [-0.15, -0.1) is 6.42 Å². The highest BCUT2D eigenvalue weighted by Crippen LogP contribution is 2.06. The fourth-order valence-electron chi connectivity index (χ4n) is 1.55. The van der Waals surface area contributed by atoms with Gasteiger partial charge in [-0.25, -0.2) is 0 Å². The molecule has 0 aliphatic carbocycles. The van der Waals surface area contributed by atoms with Crippen LogP contribution in [-0.4, -0.2) is 49.6 Å². The lowest BCUT2D eigenvalue weighted by atomic mass is 10.4. The van der Waals surface area contributed by atoms with Crippen molar-refractivity contribution in [1.29, 1.82) is 0 Å². The minimum absolute atomic E-state index is 0.772. The third kappa shape index (κ3) is 3.25. The lowest BCUT2D eigenvalue weighted by Gasteiger charge is -2.19. The van der Waals surface area contributed by atoms with E-state index in [0.717, 1.165) is 13.1 Å². The van der Waals surface area contributed by atoms with Crippen molar-refractivity contribution >= 4 is 0 Å². The van der Waals surface area contributed by atoms with E-state index < -0.39 is 0 Å². The van der Waals surface area contributed by atoms with E-state index in [1.807, 2.05) is 0 Å². The number of likely N-dealkylation sites (tertiary alicyclic amines) is 1. The maximum absolute atomic E-state index is 5.21. The van der Waals surface area contributed by atoms with Crippen LogP contribution in [0, 0.1) is 12.3 Å². The standard InChI is InChI=1S/C10H18N2/c1-3-6-11(2)9-10-12-7-4-5-8-12/h1H,4-10H2,2H3. The van der Waals surface area contributed by atoms with Crippen molar-refractivity contribution in [2.45, 2.75) is 12.8 Å². The molecular formula is C10H18N2. The van der Waals surface area contributed by atoms with Gasteiger partial charge in [0, 0.05) is 13.1 Å². The second kappa shape index (κ2) is 5.18. The summed E-state index contributed by atoms with van der Waals surface area (Å²) in [6.45, 7) is 5.62. The molecule has 12 heavy (non-hydrogen) atoms. The average Bonchev–Trinajstić information content (AvgIpc) is 2.53. The third-order valence-electron chi connectivity index (χ3n) is 2.36. The van der Waals surface area contributed by atoms with Crippen molar-refractivity contribution < 1.29 is 0 Å². The number of hydrogen-bond acceptors (Lipinski definition) is 2. The number of rotatable bonds is 4. The first-order valence-electron chi connectivity index (χ1n) is 4.67. The minimum Gasteiger partial charge on any atom is -0.302 e. The first kappa shape index (κ1) is 9.57. The molecule has 2 heteroatoms. The molecule has 68 valence electrons. The highest BCUT2D eigenvalue weighted by atomic mass is 15.2. The molecule has 2 nitrogen and oxygen atoms in total. The summed E-state index contributed by atoms with van der Waals surface area (Å²) in [6.07, 6.45) is 7.96. The number of hydrogen-bond donors (Lipinski definition) is 0. The van der Waals surface area contributed by atoms with Gasteiger partial charge >= 0.3 is 0 Å². The summed E-state index contributed by atoms with van der Waals surface area (Å²) in [5.41, 5.74) is 0. The van der Waals surface area contributed by atoms with Crippen LogP contribution in [0.1, 0.15) is 12.8 Å². The van der Waals surface area contributed by atoms with Crippen LogP contribution in [0.4, 0.5) is 0 Å². The molecular weight excluding hydrogens is 148 g/mol. The molecule has 0 bridgehead atoms. The lowest BCUT2D eigenvalue weighted by molar-refractivity contribution is 0.273. The van der Waals surface area contributed by atoms with Crippen molar-refractivity contribution in [3.63, 3.8) is 0 Å². The first-order valence-corrected chi connectivity index (χ1v) is 4.67. The van der Waals surface area contributed by atoms with Crippen molar-refractivity contribution in [3.8, 4) is 12.3 Å². The van der Waals surface area contributed by atoms with Crippen LogP contribution in [0.5, 0.6) is 0 Å². The van der Waals surface area contributed by atoms with Gasteiger partial charge in [-0.3, -0.25) is 4.90 Å². The summed E-state index contributed by atoms with van der Waals surface area (Å²) in [5.74, 6) is 2.65. The van der Waals surface area contributed by atoms with Crippen LogP contribution in [0.25, 0.3) is 0 Å². The van der Waals surface area contributed by atoms with E-state index >= 15 is 0 Å².